The zero-order valence-corrected chi connectivity index (χ0v) is 16.9. The third-order valence-corrected chi connectivity index (χ3v) is 4.16. The Morgan fingerprint density at radius 1 is 1.21 bits per heavy atom. The van der Waals surface area contributed by atoms with E-state index in [9.17, 15) is 14.4 Å². The molecule has 10 heteroatoms. The van der Waals surface area contributed by atoms with E-state index in [4.69, 9.17) is 32.4 Å². The number of amides is 2. The first-order chi connectivity index (χ1) is 13.2. The van der Waals surface area contributed by atoms with Crippen molar-refractivity contribution in [1.82, 2.24) is 10.3 Å². The average molecular weight is 428 g/mol. The standard InChI is InChI=1S/C18H19Cl2N3O5/c1-9(2)14(22-17(25)13-5-4-6-27-13)18(26)28-10(3)16(24)23-15-12(20)7-11(19)8-21-15/h4-10,14H,1-3H3,(H,22,25)(H,21,23,24)/t10-,14-/m1/s1. The summed E-state index contributed by atoms with van der Waals surface area (Å²) in [7, 11) is 0. The van der Waals surface area contributed by atoms with Crippen molar-refractivity contribution in [3.05, 3.63) is 46.5 Å². The molecule has 2 rings (SSSR count). The topological polar surface area (TPSA) is 111 Å². The molecule has 0 aliphatic heterocycles. The molecule has 0 aliphatic carbocycles. The van der Waals surface area contributed by atoms with E-state index >= 15 is 0 Å². The van der Waals surface area contributed by atoms with E-state index < -0.39 is 29.9 Å². The van der Waals surface area contributed by atoms with Gasteiger partial charge in [-0.3, -0.25) is 9.59 Å². The highest BCUT2D eigenvalue weighted by atomic mass is 35.5. The highest BCUT2D eigenvalue weighted by molar-refractivity contribution is 6.36. The molecule has 0 saturated carbocycles. The smallest absolute Gasteiger partial charge is 0.329 e. The Kier molecular flexibility index (Phi) is 7.42. The summed E-state index contributed by atoms with van der Waals surface area (Å²) < 4.78 is 10.2. The van der Waals surface area contributed by atoms with Crippen molar-refractivity contribution in [3.8, 4) is 0 Å². The quantitative estimate of drug-likeness (QED) is 0.655. The third-order valence-electron chi connectivity index (χ3n) is 3.66. The molecule has 2 amide bonds. The first kappa shape index (κ1) is 21.7. The molecular formula is C18H19Cl2N3O5. The molecule has 28 heavy (non-hydrogen) atoms. The van der Waals surface area contributed by atoms with Crippen LogP contribution in [0.25, 0.3) is 0 Å². The van der Waals surface area contributed by atoms with Gasteiger partial charge in [0.1, 0.15) is 6.04 Å². The molecule has 0 spiro atoms. The predicted molar refractivity (Wildman–Crippen MR) is 103 cm³/mol. The second-order valence-corrected chi connectivity index (χ2v) is 7.07. The molecule has 2 atom stereocenters. The molecule has 2 heterocycles. The molecule has 2 aromatic heterocycles. The van der Waals surface area contributed by atoms with Crippen molar-refractivity contribution in [2.45, 2.75) is 32.9 Å². The zero-order valence-electron chi connectivity index (χ0n) is 15.4. The van der Waals surface area contributed by atoms with Crippen molar-refractivity contribution < 1.29 is 23.5 Å². The summed E-state index contributed by atoms with van der Waals surface area (Å²) in [6, 6.07) is 3.48. The molecule has 0 aliphatic rings. The Balaban J connectivity index is 1.99. The molecule has 0 bridgehead atoms. The molecular weight excluding hydrogens is 409 g/mol. The van der Waals surface area contributed by atoms with Crippen LogP contribution in [0.2, 0.25) is 10.0 Å². The summed E-state index contributed by atoms with van der Waals surface area (Å²) in [6.07, 6.45) is 1.52. The van der Waals surface area contributed by atoms with Crippen LogP contribution in [0.3, 0.4) is 0 Å². The average Bonchev–Trinajstić information content (AvgIpc) is 3.16. The molecule has 150 valence electrons. The number of rotatable bonds is 7. The number of esters is 1. The summed E-state index contributed by atoms with van der Waals surface area (Å²) in [5, 5.41) is 5.45. The molecule has 0 fully saturated rings. The number of hydrogen-bond acceptors (Lipinski definition) is 6. The van der Waals surface area contributed by atoms with Crippen LogP contribution in [0.1, 0.15) is 31.3 Å². The van der Waals surface area contributed by atoms with Gasteiger partial charge in [0.25, 0.3) is 11.8 Å². The number of ether oxygens (including phenoxy) is 1. The van der Waals surface area contributed by atoms with E-state index in [2.05, 4.69) is 15.6 Å². The normalized spacial score (nSPS) is 12.9. The summed E-state index contributed by atoms with van der Waals surface area (Å²) in [5.74, 6) is -2.08. The van der Waals surface area contributed by atoms with E-state index in [1.54, 1.807) is 19.9 Å². The van der Waals surface area contributed by atoms with Gasteiger partial charge >= 0.3 is 5.97 Å². The Labute approximate surface area is 171 Å². The highest BCUT2D eigenvalue weighted by Crippen LogP contribution is 2.22. The molecule has 0 unspecified atom stereocenters. The number of hydrogen-bond donors (Lipinski definition) is 2. The number of anilines is 1. The van der Waals surface area contributed by atoms with E-state index in [0.29, 0.717) is 5.02 Å². The summed E-state index contributed by atoms with van der Waals surface area (Å²) in [5.41, 5.74) is 0. The minimum absolute atomic E-state index is 0.0627. The fraction of sp³-hybridized carbons (Fsp3) is 0.333. The monoisotopic (exact) mass is 427 g/mol. The van der Waals surface area contributed by atoms with Crippen LogP contribution in [0.4, 0.5) is 5.82 Å². The van der Waals surface area contributed by atoms with Gasteiger partial charge in [0, 0.05) is 6.20 Å². The lowest BCUT2D eigenvalue weighted by Gasteiger charge is -2.22. The van der Waals surface area contributed by atoms with Crippen LogP contribution in [-0.4, -0.2) is 34.9 Å². The predicted octanol–water partition coefficient (Wildman–Crippen LogP) is 3.31. The summed E-state index contributed by atoms with van der Waals surface area (Å²) in [6.45, 7) is 4.86. The van der Waals surface area contributed by atoms with Gasteiger partial charge in [-0.2, -0.15) is 0 Å². The number of halogens is 2. The molecule has 8 nitrogen and oxygen atoms in total. The number of furan rings is 1. The first-order valence-electron chi connectivity index (χ1n) is 8.35. The van der Waals surface area contributed by atoms with Crippen molar-refractivity contribution in [3.63, 3.8) is 0 Å². The second-order valence-electron chi connectivity index (χ2n) is 6.22. The summed E-state index contributed by atoms with van der Waals surface area (Å²) >= 11 is 11.7. The van der Waals surface area contributed by atoms with Gasteiger partial charge < -0.3 is 19.8 Å². The lowest BCUT2D eigenvalue weighted by atomic mass is 10.0. The fourth-order valence-corrected chi connectivity index (χ4v) is 2.57. The van der Waals surface area contributed by atoms with E-state index in [1.165, 1.54) is 31.5 Å². The number of aromatic nitrogens is 1. The Morgan fingerprint density at radius 2 is 1.93 bits per heavy atom. The third kappa shape index (κ3) is 5.71. The zero-order chi connectivity index (χ0) is 20.8. The summed E-state index contributed by atoms with van der Waals surface area (Å²) in [4.78, 5) is 40.8. The van der Waals surface area contributed by atoms with Crippen molar-refractivity contribution in [2.24, 2.45) is 5.92 Å². The van der Waals surface area contributed by atoms with Crippen molar-refractivity contribution in [1.29, 1.82) is 0 Å². The second kappa shape index (κ2) is 9.57. The molecule has 2 aromatic rings. The minimum Gasteiger partial charge on any atom is -0.459 e. The maximum atomic E-state index is 12.5. The largest absolute Gasteiger partial charge is 0.459 e. The van der Waals surface area contributed by atoms with Crippen molar-refractivity contribution >= 4 is 46.8 Å². The first-order valence-corrected chi connectivity index (χ1v) is 9.11. The van der Waals surface area contributed by atoms with Gasteiger partial charge in [0.05, 0.1) is 16.3 Å². The van der Waals surface area contributed by atoms with Crippen molar-refractivity contribution in [2.75, 3.05) is 5.32 Å². The van der Waals surface area contributed by atoms with Gasteiger partial charge in [0.2, 0.25) is 0 Å². The van der Waals surface area contributed by atoms with Gasteiger partial charge in [-0.15, -0.1) is 0 Å². The highest BCUT2D eigenvalue weighted by Gasteiger charge is 2.30. The van der Waals surface area contributed by atoms with Crippen LogP contribution in [0.15, 0.2) is 35.1 Å². The van der Waals surface area contributed by atoms with Gasteiger partial charge in [-0.05, 0) is 31.0 Å². The number of pyridine rings is 1. The molecule has 2 N–H and O–H groups in total. The van der Waals surface area contributed by atoms with Crippen LogP contribution >= 0.6 is 23.2 Å². The Hall–Kier alpha value is -2.58. The Morgan fingerprint density at radius 3 is 2.50 bits per heavy atom. The Bertz CT molecular complexity index is 855. The number of carbonyl (C=O) groups is 3. The van der Waals surface area contributed by atoms with Gasteiger partial charge in [-0.25, -0.2) is 9.78 Å². The van der Waals surface area contributed by atoms with Gasteiger partial charge in [-0.1, -0.05) is 37.0 Å². The maximum absolute atomic E-state index is 12.5. The number of carbonyl (C=O) groups excluding carboxylic acids is 3. The fourth-order valence-electron chi connectivity index (χ4n) is 2.14. The number of nitrogens with zero attached hydrogens (tertiary/aromatic N) is 1. The van der Waals surface area contributed by atoms with Crippen LogP contribution in [-0.2, 0) is 14.3 Å². The van der Waals surface area contributed by atoms with Crippen LogP contribution < -0.4 is 10.6 Å². The molecule has 0 saturated heterocycles. The lowest BCUT2D eigenvalue weighted by molar-refractivity contribution is -0.156. The molecule has 0 aromatic carbocycles. The van der Waals surface area contributed by atoms with Crippen LogP contribution in [0.5, 0.6) is 0 Å². The molecule has 0 radical (unpaired) electrons. The SMILES string of the molecule is CC(C)[C@@H](NC(=O)c1ccco1)C(=O)O[C@H](C)C(=O)Nc1ncc(Cl)cc1Cl. The minimum atomic E-state index is -1.15. The lowest BCUT2D eigenvalue weighted by Crippen LogP contribution is -2.47. The maximum Gasteiger partial charge on any atom is 0.329 e. The van der Waals surface area contributed by atoms with E-state index in [1.807, 2.05) is 0 Å². The van der Waals surface area contributed by atoms with E-state index in [0.717, 1.165) is 0 Å². The van der Waals surface area contributed by atoms with Crippen LogP contribution in [0, 0.1) is 5.92 Å². The van der Waals surface area contributed by atoms with Gasteiger partial charge in [0.15, 0.2) is 17.7 Å². The van der Waals surface area contributed by atoms with E-state index in [-0.39, 0.29) is 22.5 Å². The number of nitrogens with one attached hydrogen (secondary N) is 2.